The van der Waals surface area contributed by atoms with Gasteiger partial charge in [0, 0.05) is 43.5 Å². The number of nitrogens with two attached hydrogens (primary N) is 1. The summed E-state index contributed by atoms with van der Waals surface area (Å²) < 4.78 is 13.0. The van der Waals surface area contributed by atoms with E-state index < -0.39 is 0 Å². The van der Waals surface area contributed by atoms with E-state index in [1.54, 1.807) is 0 Å². The lowest BCUT2D eigenvalue weighted by atomic mass is 10.0. The third kappa shape index (κ3) is 4.83. The van der Waals surface area contributed by atoms with Crippen LogP contribution in [0.25, 0.3) is 0 Å². The molecule has 1 aliphatic rings. The first kappa shape index (κ1) is 17.5. The predicted molar refractivity (Wildman–Crippen MR) is 102 cm³/mol. The lowest BCUT2D eigenvalue weighted by Crippen LogP contribution is -2.42. The first-order valence-corrected chi connectivity index (χ1v) is 8.87. The summed E-state index contributed by atoms with van der Waals surface area (Å²) in [6, 6.07) is 15.6. The van der Waals surface area contributed by atoms with E-state index in [2.05, 4.69) is 41.1 Å². The normalized spacial score (nSPS) is 15.2. The zero-order valence-electron chi connectivity index (χ0n) is 14.5. The van der Waals surface area contributed by atoms with Crippen molar-refractivity contribution >= 4 is 5.69 Å². The Balaban J connectivity index is 1.46. The minimum absolute atomic E-state index is 0.200. The van der Waals surface area contributed by atoms with Crippen LogP contribution in [0.4, 0.5) is 10.1 Å². The number of hydrogen-bond donors (Lipinski definition) is 2. The zero-order chi connectivity index (χ0) is 17.6. The highest BCUT2D eigenvalue weighted by atomic mass is 19.1. The van der Waals surface area contributed by atoms with E-state index in [9.17, 15) is 4.39 Å². The number of piperidine rings is 1. The molecular formula is C21H26FN3. The van der Waals surface area contributed by atoms with Crippen LogP contribution in [0.1, 0.15) is 24.0 Å². The van der Waals surface area contributed by atoms with Gasteiger partial charge in [-0.1, -0.05) is 30.8 Å². The molecule has 3 nitrogen and oxygen atoms in total. The summed E-state index contributed by atoms with van der Waals surface area (Å²) >= 11 is 0. The molecule has 2 aromatic rings. The summed E-state index contributed by atoms with van der Waals surface area (Å²) in [4.78, 5) is 2.42. The predicted octanol–water partition coefficient (Wildman–Crippen LogP) is 3.60. The Morgan fingerprint density at radius 1 is 1.04 bits per heavy atom. The second kappa shape index (κ2) is 8.17. The van der Waals surface area contributed by atoms with Gasteiger partial charge in [0.15, 0.2) is 0 Å². The van der Waals surface area contributed by atoms with Gasteiger partial charge in [0.2, 0.25) is 0 Å². The van der Waals surface area contributed by atoms with Crippen molar-refractivity contribution in [3.05, 3.63) is 77.8 Å². The van der Waals surface area contributed by atoms with E-state index >= 15 is 0 Å². The topological polar surface area (TPSA) is 41.3 Å². The molecule has 1 fully saturated rings. The fourth-order valence-corrected chi connectivity index (χ4v) is 3.31. The Kier molecular flexibility index (Phi) is 5.71. The number of halogens is 1. The summed E-state index contributed by atoms with van der Waals surface area (Å²) in [7, 11) is 0. The van der Waals surface area contributed by atoms with Gasteiger partial charge in [0.05, 0.1) is 0 Å². The van der Waals surface area contributed by atoms with Crippen LogP contribution in [0.2, 0.25) is 0 Å². The molecule has 3 N–H and O–H groups in total. The van der Waals surface area contributed by atoms with E-state index in [0.717, 1.165) is 49.2 Å². The lowest BCUT2D eigenvalue weighted by Gasteiger charge is -2.35. The van der Waals surface area contributed by atoms with Crippen LogP contribution in [0, 0.1) is 5.82 Å². The van der Waals surface area contributed by atoms with E-state index in [4.69, 9.17) is 5.73 Å². The van der Waals surface area contributed by atoms with Gasteiger partial charge in [-0.25, -0.2) is 4.39 Å². The molecule has 0 aliphatic carbocycles. The molecule has 4 heteroatoms. The van der Waals surface area contributed by atoms with Crippen molar-refractivity contribution in [2.75, 3.05) is 18.0 Å². The van der Waals surface area contributed by atoms with Crippen molar-refractivity contribution in [2.24, 2.45) is 5.73 Å². The van der Waals surface area contributed by atoms with Crippen molar-refractivity contribution in [1.82, 2.24) is 5.32 Å². The molecule has 2 aromatic carbocycles. The molecule has 1 heterocycles. The standard InChI is InChI=1S/C21H26FN3/c1-16(14-17-2-6-19(22)7-3-17)24-20-10-12-25(13-11-20)21-8-4-18(15-23)5-9-21/h2-9,20,24H,1,10-15,23H2. The second-order valence-corrected chi connectivity index (χ2v) is 6.68. The van der Waals surface area contributed by atoms with E-state index in [0.29, 0.717) is 12.6 Å². The van der Waals surface area contributed by atoms with Crippen molar-refractivity contribution in [1.29, 1.82) is 0 Å². The Morgan fingerprint density at radius 2 is 1.64 bits per heavy atom. The van der Waals surface area contributed by atoms with Crippen LogP contribution < -0.4 is 16.0 Å². The number of hydrogen-bond acceptors (Lipinski definition) is 3. The highest BCUT2D eigenvalue weighted by Gasteiger charge is 2.19. The number of rotatable bonds is 6. The first-order valence-electron chi connectivity index (χ1n) is 8.87. The summed E-state index contributed by atoms with van der Waals surface area (Å²) in [5, 5.41) is 3.54. The van der Waals surface area contributed by atoms with Crippen molar-refractivity contribution in [3.8, 4) is 0 Å². The fourth-order valence-electron chi connectivity index (χ4n) is 3.31. The molecule has 0 spiro atoms. The van der Waals surface area contributed by atoms with Gasteiger partial charge in [0.1, 0.15) is 5.82 Å². The molecular weight excluding hydrogens is 313 g/mol. The molecule has 0 atom stereocenters. The van der Waals surface area contributed by atoms with Gasteiger partial charge >= 0.3 is 0 Å². The smallest absolute Gasteiger partial charge is 0.123 e. The number of allylic oxidation sites excluding steroid dienone is 1. The van der Waals surface area contributed by atoms with Crippen molar-refractivity contribution in [3.63, 3.8) is 0 Å². The minimum Gasteiger partial charge on any atom is -0.386 e. The van der Waals surface area contributed by atoms with E-state index in [1.165, 1.54) is 17.8 Å². The Bertz CT molecular complexity index is 686. The Morgan fingerprint density at radius 3 is 2.24 bits per heavy atom. The summed E-state index contributed by atoms with van der Waals surface area (Å²) in [6.07, 6.45) is 2.91. The van der Waals surface area contributed by atoms with Crippen LogP contribution in [-0.4, -0.2) is 19.1 Å². The molecule has 0 bridgehead atoms. The molecule has 0 radical (unpaired) electrons. The van der Waals surface area contributed by atoms with Gasteiger partial charge in [0.25, 0.3) is 0 Å². The van der Waals surface area contributed by atoms with Gasteiger partial charge in [-0.05, 0) is 48.2 Å². The molecule has 3 rings (SSSR count). The van der Waals surface area contributed by atoms with Crippen molar-refractivity contribution < 1.29 is 4.39 Å². The van der Waals surface area contributed by atoms with Gasteiger partial charge in [-0.2, -0.15) is 0 Å². The molecule has 0 unspecified atom stereocenters. The highest BCUT2D eigenvalue weighted by Crippen LogP contribution is 2.21. The van der Waals surface area contributed by atoms with Gasteiger partial charge in [-0.15, -0.1) is 0 Å². The molecule has 25 heavy (non-hydrogen) atoms. The highest BCUT2D eigenvalue weighted by molar-refractivity contribution is 5.48. The Labute approximate surface area is 149 Å². The monoisotopic (exact) mass is 339 g/mol. The quantitative estimate of drug-likeness (QED) is 0.845. The van der Waals surface area contributed by atoms with Crippen molar-refractivity contribution in [2.45, 2.75) is 31.8 Å². The van der Waals surface area contributed by atoms with Gasteiger partial charge in [-0.3, -0.25) is 0 Å². The van der Waals surface area contributed by atoms with Crippen LogP contribution >= 0.6 is 0 Å². The van der Waals surface area contributed by atoms with Gasteiger partial charge < -0.3 is 16.0 Å². The molecule has 0 amide bonds. The molecule has 1 saturated heterocycles. The third-order valence-corrected chi connectivity index (χ3v) is 4.77. The Hall–Kier alpha value is -2.33. The van der Waals surface area contributed by atoms with E-state index in [1.807, 2.05) is 12.1 Å². The molecule has 132 valence electrons. The number of nitrogens with one attached hydrogen (secondary N) is 1. The summed E-state index contributed by atoms with van der Waals surface area (Å²) in [6.45, 7) is 6.78. The number of anilines is 1. The molecule has 0 aromatic heterocycles. The maximum atomic E-state index is 13.0. The zero-order valence-corrected chi connectivity index (χ0v) is 14.5. The van der Waals surface area contributed by atoms with Crippen LogP contribution in [0.15, 0.2) is 60.8 Å². The van der Waals surface area contributed by atoms with Crippen LogP contribution in [-0.2, 0) is 13.0 Å². The first-order chi connectivity index (χ1) is 12.1. The number of benzene rings is 2. The second-order valence-electron chi connectivity index (χ2n) is 6.68. The maximum Gasteiger partial charge on any atom is 0.123 e. The van der Waals surface area contributed by atoms with E-state index in [-0.39, 0.29) is 5.82 Å². The minimum atomic E-state index is -0.200. The maximum absolute atomic E-state index is 13.0. The summed E-state index contributed by atoms with van der Waals surface area (Å²) in [5.41, 5.74) is 10.2. The lowest BCUT2D eigenvalue weighted by molar-refractivity contribution is 0.442. The number of nitrogens with zero attached hydrogens (tertiary/aromatic N) is 1. The largest absolute Gasteiger partial charge is 0.386 e. The molecule has 1 aliphatic heterocycles. The average molecular weight is 339 g/mol. The van der Waals surface area contributed by atoms with Crippen LogP contribution in [0.5, 0.6) is 0 Å². The third-order valence-electron chi connectivity index (χ3n) is 4.77. The molecule has 0 saturated carbocycles. The summed E-state index contributed by atoms with van der Waals surface area (Å²) in [5.74, 6) is -0.200. The SMILES string of the molecule is C=C(Cc1ccc(F)cc1)NC1CCN(c2ccc(CN)cc2)CC1. The average Bonchev–Trinajstić information content (AvgIpc) is 2.64. The van der Waals surface area contributed by atoms with Crippen LogP contribution in [0.3, 0.4) is 0 Å². The fraction of sp³-hybridized carbons (Fsp3) is 0.333.